The Morgan fingerprint density at radius 3 is 2.79 bits per heavy atom. The number of nitrogens with two attached hydrogens (primary N) is 1. The third-order valence-corrected chi connectivity index (χ3v) is 3.98. The Balaban J connectivity index is 2.06. The third-order valence-electron chi connectivity index (χ3n) is 3.67. The SMILES string of the molecule is CC(NC(=O)c1nc(NN)ccc1Cl)C1CCCC1. The molecule has 0 bridgehead atoms. The molecule has 5 nitrogen and oxygen atoms in total. The van der Waals surface area contributed by atoms with Gasteiger partial charge in [-0.1, -0.05) is 24.4 Å². The Hall–Kier alpha value is -1.33. The average molecular weight is 283 g/mol. The lowest BCUT2D eigenvalue weighted by atomic mass is 10.00. The summed E-state index contributed by atoms with van der Waals surface area (Å²) in [6.45, 7) is 2.03. The monoisotopic (exact) mass is 282 g/mol. The number of halogens is 1. The Bertz CT molecular complexity index is 460. The number of nitrogens with zero attached hydrogens (tertiary/aromatic N) is 1. The molecule has 0 spiro atoms. The van der Waals surface area contributed by atoms with E-state index in [1.165, 1.54) is 25.7 Å². The van der Waals surface area contributed by atoms with E-state index in [4.69, 9.17) is 17.4 Å². The molecule has 1 amide bonds. The molecule has 6 heteroatoms. The summed E-state index contributed by atoms with van der Waals surface area (Å²) in [4.78, 5) is 16.3. The number of anilines is 1. The number of carbonyl (C=O) groups is 1. The van der Waals surface area contributed by atoms with Gasteiger partial charge in [0, 0.05) is 6.04 Å². The van der Waals surface area contributed by atoms with Crippen LogP contribution in [0.25, 0.3) is 0 Å². The van der Waals surface area contributed by atoms with Gasteiger partial charge in [-0.2, -0.15) is 0 Å². The molecule has 1 heterocycles. The highest BCUT2D eigenvalue weighted by Gasteiger charge is 2.24. The summed E-state index contributed by atoms with van der Waals surface area (Å²) in [6.07, 6.45) is 4.84. The van der Waals surface area contributed by atoms with Crippen molar-refractivity contribution < 1.29 is 4.79 Å². The number of aromatic nitrogens is 1. The van der Waals surface area contributed by atoms with Crippen LogP contribution in [0.2, 0.25) is 5.02 Å². The number of amides is 1. The van der Waals surface area contributed by atoms with Crippen molar-refractivity contribution in [2.24, 2.45) is 11.8 Å². The molecule has 1 aliphatic rings. The van der Waals surface area contributed by atoms with Crippen molar-refractivity contribution in [3.05, 3.63) is 22.8 Å². The van der Waals surface area contributed by atoms with Gasteiger partial charge in [0.1, 0.15) is 11.5 Å². The average Bonchev–Trinajstić information content (AvgIpc) is 2.93. The molecule has 19 heavy (non-hydrogen) atoms. The highest BCUT2D eigenvalue weighted by Crippen LogP contribution is 2.27. The van der Waals surface area contributed by atoms with E-state index in [1.807, 2.05) is 6.92 Å². The van der Waals surface area contributed by atoms with Gasteiger partial charge in [0.15, 0.2) is 0 Å². The molecule has 1 aromatic heterocycles. The number of hydrogen-bond donors (Lipinski definition) is 3. The van der Waals surface area contributed by atoms with E-state index in [2.05, 4.69) is 15.7 Å². The summed E-state index contributed by atoms with van der Waals surface area (Å²) in [5, 5.41) is 3.30. The van der Waals surface area contributed by atoms with E-state index in [9.17, 15) is 4.79 Å². The zero-order valence-corrected chi connectivity index (χ0v) is 11.7. The number of hydrogen-bond acceptors (Lipinski definition) is 4. The van der Waals surface area contributed by atoms with Gasteiger partial charge < -0.3 is 10.7 Å². The van der Waals surface area contributed by atoms with Crippen LogP contribution in [-0.4, -0.2) is 16.9 Å². The van der Waals surface area contributed by atoms with Gasteiger partial charge in [-0.3, -0.25) is 4.79 Å². The lowest BCUT2D eigenvalue weighted by Crippen LogP contribution is -2.37. The number of nitrogens with one attached hydrogen (secondary N) is 2. The van der Waals surface area contributed by atoms with Crippen LogP contribution < -0.4 is 16.6 Å². The van der Waals surface area contributed by atoms with E-state index in [0.717, 1.165) is 0 Å². The largest absolute Gasteiger partial charge is 0.348 e. The molecule has 4 N–H and O–H groups in total. The Morgan fingerprint density at radius 1 is 1.47 bits per heavy atom. The first-order chi connectivity index (χ1) is 9.11. The van der Waals surface area contributed by atoms with Crippen molar-refractivity contribution in [2.75, 3.05) is 5.43 Å². The van der Waals surface area contributed by atoms with Crippen LogP contribution in [-0.2, 0) is 0 Å². The first kappa shape index (κ1) is 14.1. The molecule has 0 aliphatic heterocycles. The molecule has 1 aromatic rings. The maximum absolute atomic E-state index is 12.2. The van der Waals surface area contributed by atoms with Crippen LogP contribution in [0.15, 0.2) is 12.1 Å². The lowest BCUT2D eigenvalue weighted by molar-refractivity contribution is 0.0922. The fourth-order valence-electron chi connectivity index (χ4n) is 2.53. The molecule has 104 valence electrons. The summed E-state index contributed by atoms with van der Waals surface area (Å²) in [7, 11) is 0. The minimum Gasteiger partial charge on any atom is -0.348 e. The molecule has 1 saturated carbocycles. The van der Waals surface area contributed by atoms with E-state index < -0.39 is 0 Å². The predicted octanol–water partition coefficient (Wildman–Crippen LogP) is 2.33. The molecular weight excluding hydrogens is 264 g/mol. The smallest absolute Gasteiger partial charge is 0.271 e. The Kier molecular flexibility index (Phi) is 4.61. The molecule has 1 fully saturated rings. The van der Waals surface area contributed by atoms with Gasteiger partial charge >= 0.3 is 0 Å². The molecule has 1 unspecified atom stereocenters. The molecule has 2 rings (SSSR count). The zero-order chi connectivity index (χ0) is 13.8. The van der Waals surface area contributed by atoms with Gasteiger partial charge in [-0.25, -0.2) is 10.8 Å². The van der Waals surface area contributed by atoms with Gasteiger partial charge in [-0.05, 0) is 37.8 Å². The first-order valence-electron chi connectivity index (χ1n) is 6.56. The Morgan fingerprint density at radius 2 is 2.16 bits per heavy atom. The lowest BCUT2D eigenvalue weighted by Gasteiger charge is -2.20. The molecular formula is C13H19ClN4O. The molecule has 1 aliphatic carbocycles. The van der Waals surface area contributed by atoms with Crippen molar-refractivity contribution in [1.82, 2.24) is 10.3 Å². The first-order valence-corrected chi connectivity index (χ1v) is 6.93. The number of carbonyl (C=O) groups excluding carboxylic acids is 1. The van der Waals surface area contributed by atoms with Gasteiger partial charge in [0.25, 0.3) is 5.91 Å². The van der Waals surface area contributed by atoms with Crippen molar-refractivity contribution in [3.63, 3.8) is 0 Å². The van der Waals surface area contributed by atoms with Crippen molar-refractivity contribution in [2.45, 2.75) is 38.6 Å². The van der Waals surface area contributed by atoms with Crippen LogP contribution in [0.4, 0.5) is 5.82 Å². The standard InChI is InChI=1S/C13H19ClN4O/c1-8(9-4-2-3-5-9)16-13(19)12-10(14)6-7-11(17-12)18-15/h6-9H,2-5,15H2,1H3,(H,16,19)(H,17,18). The fourth-order valence-corrected chi connectivity index (χ4v) is 2.72. The maximum Gasteiger partial charge on any atom is 0.271 e. The Labute approximate surface area is 117 Å². The van der Waals surface area contributed by atoms with Crippen LogP contribution >= 0.6 is 11.6 Å². The summed E-state index contributed by atoms with van der Waals surface area (Å²) in [5.41, 5.74) is 2.62. The van der Waals surface area contributed by atoms with Crippen molar-refractivity contribution in [3.8, 4) is 0 Å². The highest BCUT2D eigenvalue weighted by atomic mass is 35.5. The van der Waals surface area contributed by atoms with Gasteiger partial charge in [0.05, 0.1) is 5.02 Å². The second-order valence-corrected chi connectivity index (χ2v) is 5.39. The minimum absolute atomic E-state index is 0.141. The normalized spacial score (nSPS) is 17.2. The van der Waals surface area contributed by atoms with E-state index >= 15 is 0 Å². The van der Waals surface area contributed by atoms with E-state index in [0.29, 0.717) is 16.8 Å². The molecule has 0 aromatic carbocycles. The highest BCUT2D eigenvalue weighted by molar-refractivity contribution is 6.33. The number of rotatable bonds is 4. The van der Waals surface area contributed by atoms with E-state index in [-0.39, 0.29) is 17.6 Å². The van der Waals surface area contributed by atoms with Crippen molar-refractivity contribution in [1.29, 1.82) is 0 Å². The summed E-state index contributed by atoms with van der Waals surface area (Å²) >= 11 is 6.00. The maximum atomic E-state index is 12.2. The minimum atomic E-state index is -0.249. The van der Waals surface area contributed by atoms with E-state index in [1.54, 1.807) is 12.1 Å². The van der Waals surface area contributed by atoms with Crippen LogP contribution in [0, 0.1) is 5.92 Å². The molecule has 1 atom stereocenters. The summed E-state index contributed by atoms with van der Waals surface area (Å²) in [6, 6.07) is 3.38. The van der Waals surface area contributed by atoms with Crippen LogP contribution in [0.1, 0.15) is 43.1 Å². The quantitative estimate of drug-likeness (QED) is 0.585. The number of nitrogen functional groups attached to an aromatic ring is 1. The summed E-state index contributed by atoms with van der Waals surface area (Å²) in [5.74, 6) is 6.01. The number of hydrazine groups is 1. The topological polar surface area (TPSA) is 80.0 Å². The predicted molar refractivity (Wildman–Crippen MR) is 75.9 cm³/mol. The third kappa shape index (κ3) is 3.36. The second kappa shape index (κ2) is 6.21. The molecule has 0 radical (unpaired) electrons. The second-order valence-electron chi connectivity index (χ2n) is 4.98. The fraction of sp³-hybridized carbons (Fsp3) is 0.538. The van der Waals surface area contributed by atoms with Gasteiger partial charge in [0.2, 0.25) is 0 Å². The van der Waals surface area contributed by atoms with Crippen molar-refractivity contribution >= 4 is 23.3 Å². The van der Waals surface area contributed by atoms with Crippen LogP contribution in [0.3, 0.4) is 0 Å². The van der Waals surface area contributed by atoms with Crippen LogP contribution in [0.5, 0.6) is 0 Å². The summed E-state index contributed by atoms with van der Waals surface area (Å²) < 4.78 is 0. The number of pyridine rings is 1. The van der Waals surface area contributed by atoms with Gasteiger partial charge in [-0.15, -0.1) is 0 Å². The molecule has 0 saturated heterocycles. The zero-order valence-electron chi connectivity index (χ0n) is 10.9.